The van der Waals surface area contributed by atoms with Crippen molar-refractivity contribution in [2.75, 3.05) is 7.11 Å². The third-order valence-electron chi connectivity index (χ3n) is 6.32. The lowest BCUT2D eigenvalue weighted by Crippen LogP contribution is -2.42. The predicted octanol–water partition coefficient (Wildman–Crippen LogP) is 7.47. The zero-order chi connectivity index (χ0) is 27.8. The summed E-state index contributed by atoms with van der Waals surface area (Å²) in [4.78, 5) is 0.0912. The van der Waals surface area contributed by atoms with Crippen LogP contribution >= 0.6 is 23.4 Å². The van der Waals surface area contributed by atoms with Gasteiger partial charge in [0.25, 0.3) is 0 Å². The van der Waals surface area contributed by atoms with E-state index < -0.39 is 27.3 Å². The molecule has 1 aliphatic rings. The maximum absolute atomic E-state index is 13.9. The monoisotopic (exact) mass is 590 g/mol. The van der Waals surface area contributed by atoms with Gasteiger partial charge in [-0.1, -0.05) is 65.8 Å². The number of fused-ring (bicyclic) bond motifs is 1. The standard InChI is InChI=1S/C28H22ClF3N2O3S2/c1-37-21-8-5-18(6-9-21)17-34(27-33-13-14-38-27)39(35,36)22-10-12-23-19(15-22)3-2-4-24(23)25-11-7-20(16-26(25)29)28(30,31)32/h2-16,27,33H,17H2,1H3. The maximum Gasteiger partial charge on any atom is 0.416 e. The van der Waals surface area contributed by atoms with Crippen LogP contribution in [0.1, 0.15) is 11.1 Å². The molecule has 5 rings (SSSR count). The Kier molecular flexibility index (Phi) is 7.56. The number of nitrogens with one attached hydrogen (secondary N) is 1. The smallest absolute Gasteiger partial charge is 0.416 e. The maximum atomic E-state index is 13.9. The molecule has 0 spiro atoms. The van der Waals surface area contributed by atoms with Crippen molar-refractivity contribution in [1.82, 2.24) is 9.62 Å². The van der Waals surface area contributed by atoms with Gasteiger partial charge in [-0.3, -0.25) is 0 Å². The Labute approximate surface area is 233 Å². The summed E-state index contributed by atoms with van der Waals surface area (Å²) < 4.78 is 73.8. The highest BCUT2D eigenvalue weighted by Crippen LogP contribution is 2.39. The summed E-state index contributed by atoms with van der Waals surface area (Å²) in [5.74, 6) is 0.668. The number of thioether (sulfide) groups is 1. The molecule has 39 heavy (non-hydrogen) atoms. The second-order valence-corrected chi connectivity index (χ2v) is 12.0. The van der Waals surface area contributed by atoms with E-state index in [1.54, 1.807) is 61.2 Å². The van der Waals surface area contributed by atoms with E-state index in [1.807, 2.05) is 12.1 Å². The molecule has 4 aromatic carbocycles. The number of rotatable bonds is 7. The first-order chi connectivity index (χ1) is 18.6. The molecule has 0 amide bonds. The average Bonchev–Trinajstić information content (AvgIpc) is 3.45. The second-order valence-electron chi connectivity index (χ2n) is 8.74. The Morgan fingerprint density at radius 3 is 2.41 bits per heavy atom. The summed E-state index contributed by atoms with van der Waals surface area (Å²) in [7, 11) is -2.41. The number of sulfonamides is 1. The van der Waals surface area contributed by atoms with E-state index in [2.05, 4.69) is 5.32 Å². The van der Waals surface area contributed by atoms with Crippen molar-refractivity contribution in [3.8, 4) is 16.9 Å². The lowest BCUT2D eigenvalue weighted by Gasteiger charge is -2.28. The minimum absolute atomic E-state index is 0.0449. The van der Waals surface area contributed by atoms with Crippen LogP contribution in [0, 0.1) is 0 Å². The molecule has 1 aliphatic heterocycles. The molecule has 1 heterocycles. The molecule has 0 aromatic heterocycles. The number of alkyl halides is 3. The van der Waals surface area contributed by atoms with Crippen LogP contribution in [-0.4, -0.2) is 25.3 Å². The fourth-order valence-electron chi connectivity index (χ4n) is 4.33. The molecule has 11 heteroatoms. The van der Waals surface area contributed by atoms with Gasteiger partial charge in [-0.05, 0) is 63.7 Å². The van der Waals surface area contributed by atoms with E-state index in [1.165, 1.54) is 28.2 Å². The van der Waals surface area contributed by atoms with Gasteiger partial charge in [0.15, 0.2) is 0 Å². The van der Waals surface area contributed by atoms with Crippen molar-refractivity contribution in [1.29, 1.82) is 0 Å². The molecule has 1 atom stereocenters. The molecule has 1 unspecified atom stereocenters. The van der Waals surface area contributed by atoms with E-state index >= 15 is 0 Å². The summed E-state index contributed by atoms with van der Waals surface area (Å²) >= 11 is 7.60. The van der Waals surface area contributed by atoms with Crippen LogP contribution in [0.15, 0.2) is 95.4 Å². The Hall–Kier alpha value is -3.18. The number of ether oxygens (including phenoxy) is 1. The van der Waals surface area contributed by atoms with Gasteiger partial charge >= 0.3 is 6.18 Å². The van der Waals surface area contributed by atoms with E-state index in [0.29, 0.717) is 27.6 Å². The number of benzene rings is 4. The Morgan fingerprint density at radius 1 is 1.00 bits per heavy atom. The lowest BCUT2D eigenvalue weighted by atomic mass is 9.97. The Morgan fingerprint density at radius 2 is 1.77 bits per heavy atom. The number of nitrogens with zero attached hydrogens (tertiary/aromatic N) is 1. The van der Waals surface area contributed by atoms with Gasteiger partial charge in [-0.15, -0.1) is 0 Å². The van der Waals surface area contributed by atoms with Gasteiger partial charge in [-0.2, -0.15) is 17.5 Å². The summed E-state index contributed by atoms with van der Waals surface area (Å²) in [5, 5.41) is 6.09. The molecule has 4 aromatic rings. The van der Waals surface area contributed by atoms with Crippen LogP contribution in [0.5, 0.6) is 5.75 Å². The molecule has 5 nitrogen and oxygen atoms in total. The molecule has 0 saturated carbocycles. The summed E-state index contributed by atoms with van der Waals surface area (Å²) in [5.41, 5.74) is 0.431. The zero-order valence-electron chi connectivity index (χ0n) is 20.4. The number of hydrogen-bond donors (Lipinski definition) is 1. The normalized spacial score (nSPS) is 15.6. The summed E-state index contributed by atoms with van der Waals surface area (Å²) in [6.45, 7) is 0.123. The van der Waals surface area contributed by atoms with Gasteiger partial charge in [0.05, 0.1) is 17.6 Å². The van der Waals surface area contributed by atoms with Gasteiger partial charge in [-0.25, -0.2) is 8.42 Å². The lowest BCUT2D eigenvalue weighted by molar-refractivity contribution is -0.137. The minimum atomic E-state index is -4.51. The number of methoxy groups -OCH3 is 1. The highest BCUT2D eigenvalue weighted by molar-refractivity contribution is 8.03. The highest BCUT2D eigenvalue weighted by Gasteiger charge is 2.33. The predicted molar refractivity (Wildman–Crippen MR) is 149 cm³/mol. The molecule has 0 aliphatic carbocycles. The van der Waals surface area contributed by atoms with Crippen LogP contribution < -0.4 is 10.1 Å². The van der Waals surface area contributed by atoms with Crippen molar-refractivity contribution in [2.24, 2.45) is 0 Å². The fraction of sp³-hybridized carbons (Fsp3) is 0.143. The largest absolute Gasteiger partial charge is 0.497 e. The summed E-state index contributed by atoms with van der Waals surface area (Å²) in [6, 6.07) is 20.3. The van der Waals surface area contributed by atoms with Crippen molar-refractivity contribution in [3.63, 3.8) is 0 Å². The van der Waals surface area contributed by atoms with Gasteiger partial charge in [0, 0.05) is 23.3 Å². The Balaban J connectivity index is 1.53. The molecule has 1 N–H and O–H groups in total. The molecule has 0 radical (unpaired) electrons. The molecular weight excluding hydrogens is 569 g/mol. The molecular formula is C28H22ClF3N2O3S2. The molecule has 202 valence electrons. The van der Waals surface area contributed by atoms with Crippen LogP contribution in [0.25, 0.3) is 21.9 Å². The quantitative estimate of drug-likeness (QED) is 0.242. The van der Waals surface area contributed by atoms with Crippen LogP contribution in [0.2, 0.25) is 5.02 Å². The van der Waals surface area contributed by atoms with E-state index in [-0.39, 0.29) is 16.5 Å². The zero-order valence-corrected chi connectivity index (χ0v) is 22.8. The molecule has 0 saturated heterocycles. The van der Waals surface area contributed by atoms with Crippen LogP contribution in [-0.2, 0) is 22.7 Å². The van der Waals surface area contributed by atoms with Crippen LogP contribution in [0.3, 0.4) is 0 Å². The number of halogens is 4. The molecule has 0 fully saturated rings. The van der Waals surface area contributed by atoms with Crippen molar-refractivity contribution >= 4 is 44.2 Å². The van der Waals surface area contributed by atoms with Gasteiger partial charge < -0.3 is 10.1 Å². The first-order valence-corrected chi connectivity index (χ1v) is 14.5. The van der Waals surface area contributed by atoms with Crippen molar-refractivity contribution in [2.45, 2.75) is 23.1 Å². The van der Waals surface area contributed by atoms with E-state index in [0.717, 1.165) is 17.7 Å². The number of hydrogen-bond acceptors (Lipinski definition) is 5. The third-order valence-corrected chi connectivity index (χ3v) is 9.51. The third kappa shape index (κ3) is 5.60. The van der Waals surface area contributed by atoms with Crippen LogP contribution in [0.4, 0.5) is 13.2 Å². The first kappa shape index (κ1) is 27.4. The SMILES string of the molecule is COc1ccc(CN(C2NC=CS2)S(=O)(=O)c2ccc3c(-c4ccc(C(F)(F)F)cc4Cl)cccc3c2)cc1. The second kappa shape index (κ2) is 10.8. The van der Waals surface area contributed by atoms with Crippen molar-refractivity contribution in [3.05, 3.63) is 107 Å². The van der Waals surface area contributed by atoms with E-state index in [9.17, 15) is 21.6 Å². The van der Waals surface area contributed by atoms with Gasteiger partial charge in [0.2, 0.25) is 10.0 Å². The summed E-state index contributed by atoms with van der Waals surface area (Å²) in [6.07, 6.45) is -2.81. The minimum Gasteiger partial charge on any atom is -0.497 e. The average molecular weight is 591 g/mol. The van der Waals surface area contributed by atoms with Gasteiger partial charge in [0.1, 0.15) is 11.2 Å². The van der Waals surface area contributed by atoms with Crippen molar-refractivity contribution < 1.29 is 26.3 Å². The highest BCUT2D eigenvalue weighted by atomic mass is 35.5. The van der Waals surface area contributed by atoms with E-state index in [4.69, 9.17) is 16.3 Å². The fourth-order valence-corrected chi connectivity index (χ4v) is 7.20. The Bertz CT molecular complexity index is 1650. The first-order valence-electron chi connectivity index (χ1n) is 11.7. The molecule has 0 bridgehead atoms. The topological polar surface area (TPSA) is 58.6 Å².